The highest BCUT2D eigenvalue weighted by molar-refractivity contribution is 9.10. The van der Waals surface area contributed by atoms with Gasteiger partial charge in [0.25, 0.3) is 0 Å². The summed E-state index contributed by atoms with van der Waals surface area (Å²) in [6.45, 7) is 0. The average Bonchev–Trinajstić information content (AvgIpc) is 2.93. The van der Waals surface area contributed by atoms with Crippen LogP contribution < -0.4 is 0 Å². The van der Waals surface area contributed by atoms with E-state index in [4.69, 9.17) is 11.6 Å². The van der Waals surface area contributed by atoms with Crippen LogP contribution in [0.5, 0.6) is 0 Å². The van der Waals surface area contributed by atoms with E-state index in [2.05, 4.69) is 27.0 Å². The topological polar surface area (TPSA) is 56.6 Å². The number of aromatic nitrogens is 1. The number of nitrogens with one attached hydrogen (secondary N) is 1. The molecular weight excluding hydrogens is 352 g/mol. The van der Waals surface area contributed by atoms with Crippen LogP contribution >= 0.6 is 27.5 Å². The van der Waals surface area contributed by atoms with Crippen molar-refractivity contribution in [2.75, 3.05) is 0 Å². The minimum Gasteiger partial charge on any atom is -0.360 e. The summed E-state index contributed by atoms with van der Waals surface area (Å²) < 4.78 is 0.734. The second kappa shape index (κ2) is 5.36. The van der Waals surface area contributed by atoms with E-state index in [9.17, 15) is 10.1 Å². The third-order valence-corrected chi connectivity index (χ3v) is 4.49. The molecule has 0 aliphatic carbocycles. The van der Waals surface area contributed by atoms with E-state index in [1.807, 2.05) is 6.07 Å². The molecule has 0 atom stereocenters. The molecule has 0 spiro atoms. The fourth-order valence-electron chi connectivity index (χ4n) is 2.25. The summed E-state index contributed by atoms with van der Waals surface area (Å²) in [5.74, 6) is -0.168. The Hall–Kier alpha value is -2.09. The molecule has 0 aliphatic rings. The first-order chi connectivity index (χ1) is 10.1. The minimum absolute atomic E-state index is 0.168. The van der Waals surface area contributed by atoms with Gasteiger partial charge in [0.2, 0.25) is 0 Å². The SMILES string of the molecule is N#Cc1cccc2[nH]cc(C(=O)c3ccc(Br)c(Cl)c3)c12. The van der Waals surface area contributed by atoms with Crippen molar-refractivity contribution >= 4 is 44.2 Å². The summed E-state index contributed by atoms with van der Waals surface area (Å²) in [5, 5.41) is 10.3. The van der Waals surface area contributed by atoms with Crippen molar-refractivity contribution in [2.45, 2.75) is 0 Å². The van der Waals surface area contributed by atoms with E-state index in [1.165, 1.54) is 0 Å². The van der Waals surface area contributed by atoms with Crippen LogP contribution in [-0.4, -0.2) is 10.8 Å². The Morgan fingerprint density at radius 2 is 2.10 bits per heavy atom. The number of H-pyrrole nitrogens is 1. The van der Waals surface area contributed by atoms with Gasteiger partial charge in [-0.3, -0.25) is 4.79 Å². The standard InChI is InChI=1S/C16H8BrClN2O/c17-12-5-4-9(6-13(12)18)16(21)11-8-20-14-3-1-2-10(7-19)15(11)14/h1-6,8,20H. The number of benzene rings is 2. The Balaban J connectivity index is 2.18. The molecule has 0 saturated heterocycles. The van der Waals surface area contributed by atoms with Gasteiger partial charge in [-0.25, -0.2) is 0 Å². The first-order valence-electron chi connectivity index (χ1n) is 6.12. The molecule has 1 heterocycles. The van der Waals surface area contributed by atoms with Gasteiger partial charge in [0.15, 0.2) is 5.78 Å². The number of carbonyl (C=O) groups excluding carboxylic acids is 1. The fraction of sp³-hybridized carbons (Fsp3) is 0. The van der Waals surface area contributed by atoms with Gasteiger partial charge in [-0.1, -0.05) is 17.7 Å². The zero-order valence-electron chi connectivity index (χ0n) is 10.7. The quantitative estimate of drug-likeness (QED) is 0.675. The van der Waals surface area contributed by atoms with E-state index in [0.29, 0.717) is 27.1 Å². The van der Waals surface area contributed by atoms with Gasteiger partial charge in [-0.05, 0) is 46.3 Å². The third-order valence-electron chi connectivity index (χ3n) is 3.25. The lowest BCUT2D eigenvalue weighted by atomic mass is 10.00. The van der Waals surface area contributed by atoms with Gasteiger partial charge in [0, 0.05) is 32.7 Å². The van der Waals surface area contributed by atoms with Crippen LogP contribution in [0.25, 0.3) is 10.9 Å². The van der Waals surface area contributed by atoms with Crippen molar-refractivity contribution in [2.24, 2.45) is 0 Å². The Bertz CT molecular complexity index is 908. The number of rotatable bonds is 2. The van der Waals surface area contributed by atoms with Crippen LogP contribution in [0.2, 0.25) is 5.02 Å². The highest BCUT2D eigenvalue weighted by atomic mass is 79.9. The molecule has 0 unspecified atom stereocenters. The van der Waals surface area contributed by atoms with Crippen LogP contribution in [0, 0.1) is 11.3 Å². The van der Waals surface area contributed by atoms with Crippen molar-refractivity contribution in [3.63, 3.8) is 0 Å². The number of nitrogens with zero attached hydrogens (tertiary/aromatic N) is 1. The second-order valence-corrected chi connectivity index (χ2v) is 5.76. The van der Waals surface area contributed by atoms with Gasteiger partial charge < -0.3 is 4.98 Å². The van der Waals surface area contributed by atoms with E-state index in [1.54, 1.807) is 36.5 Å². The van der Waals surface area contributed by atoms with E-state index < -0.39 is 0 Å². The van der Waals surface area contributed by atoms with Gasteiger partial charge >= 0.3 is 0 Å². The van der Waals surface area contributed by atoms with E-state index in [-0.39, 0.29) is 5.78 Å². The maximum absolute atomic E-state index is 12.6. The number of aromatic amines is 1. The number of carbonyl (C=O) groups is 1. The lowest BCUT2D eigenvalue weighted by molar-refractivity contribution is 0.104. The summed E-state index contributed by atoms with van der Waals surface area (Å²) in [7, 11) is 0. The normalized spacial score (nSPS) is 10.5. The predicted molar refractivity (Wildman–Crippen MR) is 85.6 cm³/mol. The molecule has 3 rings (SSSR count). The number of fused-ring (bicyclic) bond motifs is 1. The van der Waals surface area contributed by atoms with Crippen LogP contribution in [0.15, 0.2) is 47.1 Å². The Morgan fingerprint density at radius 1 is 1.29 bits per heavy atom. The monoisotopic (exact) mass is 358 g/mol. The lowest BCUT2D eigenvalue weighted by Crippen LogP contribution is -2.01. The fourth-order valence-corrected chi connectivity index (χ4v) is 2.68. The van der Waals surface area contributed by atoms with Gasteiger partial charge in [0.05, 0.1) is 16.7 Å². The van der Waals surface area contributed by atoms with Crippen molar-refractivity contribution < 1.29 is 4.79 Å². The Labute approximate surface area is 134 Å². The zero-order chi connectivity index (χ0) is 15.0. The highest BCUT2D eigenvalue weighted by Crippen LogP contribution is 2.28. The number of hydrogen-bond donors (Lipinski definition) is 1. The number of nitriles is 1. The molecule has 1 aromatic heterocycles. The number of ketones is 1. The molecule has 1 N–H and O–H groups in total. The molecule has 102 valence electrons. The lowest BCUT2D eigenvalue weighted by Gasteiger charge is -2.03. The smallest absolute Gasteiger partial charge is 0.195 e. The van der Waals surface area contributed by atoms with Crippen molar-refractivity contribution in [3.05, 3.63) is 68.8 Å². The van der Waals surface area contributed by atoms with E-state index >= 15 is 0 Å². The van der Waals surface area contributed by atoms with Crippen molar-refractivity contribution in [3.8, 4) is 6.07 Å². The molecule has 3 nitrogen and oxygen atoms in total. The summed E-state index contributed by atoms with van der Waals surface area (Å²) in [5.41, 5.74) is 2.19. The minimum atomic E-state index is -0.168. The van der Waals surface area contributed by atoms with Crippen LogP contribution in [0.1, 0.15) is 21.5 Å². The number of hydrogen-bond acceptors (Lipinski definition) is 2. The summed E-state index contributed by atoms with van der Waals surface area (Å²) >= 11 is 9.33. The highest BCUT2D eigenvalue weighted by Gasteiger charge is 2.17. The second-order valence-electron chi connectivity index (χ2n) is 4.50. The van der Waals surface area contributed by atoms with Crippen LogP contribution in [-0.2, 0) is 0 Å². The van der Waals surface area contributed by atoms with E-state index in [0.717, 1.165) is 9.99 Å². The Morgan fingerprint density at radius 3 is 2.81 bits per heavy atom. The summed E-state index contributed by atoms with van der Waals surface area (Å²) in [6, 6.07) is 12.5. The maximum Gasteiger partial charge on any atom is 0.195 e. The number of halogens is 2. The zero-order valence-corrected chi connectivity index (χ0v) is 13.0. The van der Waals surface area contributed by atoms with Gasteiger partial charge in [0.1, 0.15) is 0 Å². The van der Waals surface area contributed by atoms with Crippen molar-refractivity contribution in [1.29, 1.82) is 5.26 Å². The molecule has 21 heavy (non-hydrogen) atoms. The Kier molecular flexibility index (Phi) is 3.54. The molecule has 0 aliphatic heterocycles. The largest absolute Gasteiger partial charge is 0.360 e. The third kappa shape index (κ3) is 2.35. The molecule has 0 saturated carbocycles. The first kappa shape index (κ1) is 13.9. The summed E-state index contributed by atoms with van der Waals surface area (Å²) in [6.07, 6.45) is 1.63. The molecule has 3 aromatic rings. The maximum atomic E-state index is 12.6. The molecule has 2 aromatic carbocycles. The molecule has 0 bridgehead atoms. The molecule has 0 amide bonds. The molecule has 0 radical (unpaired) electrons. The average molecular weight is 360 g/mol. The van der Waals surface area contributed by atoms with Crippen LogP contribution in [0.3, 0.4) is 0 Å². The predicted octanol–water partition coefficient (Wildman–Crippen LogP) is 4.69. The van der Waals surface area contributed by atoms with Crippen molar-refractivity contribution in [1.82, 2.24) is 4.98 Å². The van der Waals surface area contributed by atoms with Gasteiger partial charge in [-0.2, -0.15) is 5.26 Å². The summed E-state index contributed by atoms with van der Waals surface area (Å²) in [4.78, 5) is 15.7. The van der Waals surface area contributed by atoms with Gasteiger partial charge in [-0.15, -0.1) is 0 Å². The molecule has 5 heteroatoms. The van der Waals surface area contributed by atoms with Crippen LogP contribution in [0.4, 0.5) is 0 Å². The first-order valence-corrected chi connectivity index (χ1v) is 7.29. The molecular formula is C16H8BrClN2O. The molecule has 0 fully saturated rings.